The Morgan fingerprint density at radius 3 is 2.60 bits per heavy atom. The van der Waals surface area contributed by atoms with Gasteiger partial charge in [-0.3, -0.25) is 0 Å². The third-order valence-electron chi connectivity index (χ3n) is 0.313. The summed E-state index contributed by atoms with van der Waals surface area (Å²) in [4.78, 5) is 0. The molecule has 0 spiro atoms. The Morgan fingerprint density at radius 1 is 2.00 bits per heavy atom. The summed E-state index contributed by atoms with van der Waals surface area (Å²) in [5, 5.41) is 0. The van der Waals surface area contributed by atoms with Crippen LogP contribution in [0.1, 0.15) is 0 Å². The molecule has 0 aliphatic carbocycles. The van der Waals surface area contributed by atoms with Gasteiger partial charge in [0.1, 0.15) is 0 Å². The second-order valence-corrected chi connectivity index (χ2v) is 1.72. The van der Waals surface area contributed by atoms with E-state index in [1.54, 1.807) is 6.08 Å². The molecule has 32 valence electrons. The number of allylic oxidation sites excluding steroid dienone is 1. The van der Waals surface area contributed by atoms with E-state index in [0.29, 0.717) is 6.16 Å². The van der Waals surface area contributed by atoms with Crippen molar-refractivity contribution in [1.82, 2.24) is 0 Å². The number of halogens is 1. The molecular formula is C3H8FP. The van der Waals surface area contributed by atoms with Crippen LogP contribution in [0, 0.1) is 0 Å². The summed E-state index contributed by atoms with van der Waals surface area (Å²) >= 11 is 0. The normalized spacial score (nSPS) is 8.20. The molecule has 0 atom stereocenters. The molecule has 0 amide bonds. The van der Waals surface area contributed by atoms with Crippen LogP contribution in [0.15, 0.2) is 12.7 Å². The monoisotopic (exact) mass is 94.0 g/mol. The first-order valence-electron chi connectivity index (χ1n) is 1.58. The molecule has 0 aromatic carbocycles. The fourth-order valence-corrected chi connectivity index (χ4v) is 0.231. The fourth-order valence-electron chi connectivity index (χ4n) is 0.0772. The Morgan fingerprint density at radius 2 is 2.60 bits per heavy atom. The standard InChI is InChI=1S/C3H8FP/c1-2-3-5-4/h2H,1,3H2,5H3. The van der Waals surface area contributed by atoms with Gasteiger partial charge in [-0.1, -0.05) is 0 Å². The Labute approximate surface area is 33.0 Å². The van der Waals surface area contributed by atoms with Gasteiger partial charge in [0.05, 0.1) is 0 Å². The second kappa shape index (κ2) is 4.10. The van der Waals surface area contributed by atoms with Crippen LogP contribution >= 0.6 is 8.89 Å². The molecule has 0 aliphatic heterocycles. The summed E-state index contributed by atoms with van der Waals surface area (Å²) in [5.41, 5.74) is 0. The van der Waals surface area contributed by atoms with Crippen LogP contribution in [0.4, 0.5) is 4.20 Å². The minimum absolute atomic E-state index is 0.625. The van der Waals surface area contributed by atoms with E-state index in [9.17, 15) is 4.20 Å². The molecule has 0 nitrogen and oxygen atoms in total. The van der Waals surface area contributed by atoms with E-state index in [2.05, 4.69) is 6.58 Å². The van der Waals surface area contributed by atoms with Gasteiger partial charge in [-0.25, -0.2) is 0 Å². The first kappa shape index (κ1) is 5.10. The zero-order valence-corrected chi connectivity index (χ0v) is 4.49. The van der Waals surface area contributed by atoms with Gasteiger partial charge in [0.15, 0.2) is 0 Å². The molecule has 0 saturated heterocycles. The zero-order valence-electron chi connectivity index (χ0n) is 3.08. The number of hydrogen-bond acceptors (Lipinski definition) is 0. The van der Waals surface area contributed by atoms with Gasteiger partial charge in [-0.15, -0.1) is 0 Å². The van der Waals surface area contributed by atoms with E-state index in [-0.39, 0.29) is 0 Å². The van der Waals surface area contributed by atoms with Gasteiger partial charge in [-0.05, 0) is 0 Å². The van der Waals surface area contributed by atoms with Crippen molar-refractivity contribution in [2.75, 3.05) is 6.16 Å². The van der Waals surface area contributed by atoms with Gasteiger partial charge in [-0.2, -0.15) is 0 Å². The molecule has 0 aromatic heterocycles. The molecule has 0 aliphatic rings. The predicted octanol–water partition coefficient (Wildman–Crippen LogP) is 1.20. The quantitative estimate of drug-likeness (QED) is 0.356. The Balaban J connectivity index is 2.40. The van der Waals surface area contributed by atoms with E-state index in [1.807, 2.05) is 0 Å². The van der Waals surface area contributed by atoms with Gasteiger partial charge in [0, 0.05) is 0 Å². The van der Waals surface area contributed by atoms with E-state index in [4.69, 9.17) is 0 Å². The molecule has 0 fully saturated rings. The molecule has 5 heavy (non-hydrogen) atoms. The van der Waals surface area contributed by atoms with Crippen molar-refractivity contribution in [2.45, 2.75) is 0 Å². The van der Waals surface area contributed by atoms with E-state index >= 15 is 0 Å². The summed E-state index contributed by atoms with van der Waals surface area (Å²) in [6.07, 6.45) is 2.24. The van der Waals surface area contributed by atoms with Crippen molar-refractivity contribution < 1.29 is 4.20 Å². The summed E-state index contributed by atoms with van der Waals surface area (Å²) < 4.78 is 11.1. The molecule has 0 bridgehead atoms. The third kappa shape index (κ3) is 4.10. The molecule has 0 heterocycles. The van der Waals surface area contributed by atoms with Gasteiger partial charge >= 0.3 is 31.9 Å². The van der Waals surface area contributed by atoms with Gasteiger partial charge in [0.2, 0.25) is 0 Å². The van der Waals surface area contributed by atoms with Crippen molar-refractivity contribution in [3.8, 4) is 0 Å². The van der Waals surface area contributed by atoms with Crippen LogP contribution in [0.3, 0.4) is 0 Å². The fraction of sp³-hybridized carbons (Fsp3) is 0.333. The van der Waals surface area contributed by atoms with Crippen LogP contribution in [0.25, 0.3) is 0 Å². The molecular weight excluding hydrogens is 86.0 g/mol. The van der Waals surface area contributed by atoms with Crippen molar-refractivity contribution in [3.63, 3.8) is 0 Å². The van der Waals surface area contributed by atoms with Crippen LogP contribution in [-0.4, -0.2) is 6.16 Å². The number of rotatable bonds is 2. The Hall–Kier alpha value is 0.100. The van der Waals surface area contributed by atoms with Crippen molar-refractivity contribution >= 4 is 8.89 Å². The summed E-state index contributed by atoms with van der Waals surface area (Å²) in [6, 6.07) is 0. The van der Waals surface area contributed by atoms with Crippen molar-refractivity contribution in [3.05, 3.63) is 12.7 Å². The molecule has 0 rings (SSSR count). The molecule has 0 aromatic rings. The van der Waals surface area contributed by atoms with E-state index in [0.717, 1.165) is 0 Å². The maximum absolute atomic E-state index is 11.1. The average Bonchev–Trinajstić information content (AvgIpc) is 1.41. The van der Waals surface area contributed by atoms with Gasteiger partial charge in [0.25, 0.3) is 0 Å². The topological polar surface area (TPSA) is 0 Å². The van der Waals surface area contributed by atoms with Crippen molar-refractivity contribution in [2.24, 2.45) is 0 Å². The predicted molar refractivity (Wildman–Crippen MR) is 27.3 cm³/mol. The van der Waals surface area contributed by atoms with Crippen LogP contribution in [-0.2, 0) is 0 Å². The minimum atomic E-state index is -1.20. The first-order valence-corrected chi connectivity index (χ1v) is 3.12. The summed E-state index contributed by atoms with van der Waals surface area (Å²) in [7, 11) is -1.20. The average molecular weight is 94.1 g/mol. The molecule has 0 unspecified atom stereocenters. The van der Waals surface area contributed by atoms with Crippen LogP contribution in [0.2, 0.25) is 0 Å². The molecule has 2 heteroatoms. The zero-order chi connectivity index (χ0) is 4.12. The maximum atomic E-state index is 11.1. The van der Waals surface area contributed by atoms with Crippen LogP contribution < -0.4 is 0 Å². The molecule has 0 saturated carbocycles. The van der Waals surface area contributed by atoms with E-state index in [1.165, 1.54) is 0 Å². The summed E-state index contributed by atoms with van der Waals surface area (Å²) in [5.74, 6) is 0. The van der Waals surface area contributed by atoms with Crippen LogP contribution in [0.5, 0.6) is 0 Å². The van der Waals surface area contributed by atoms with Gasteiger partial charge < -0.3 is 0 Å². The SMILES string of the molecule is C=CC[PH3]F. The second-order valence-electron chi connectivity index (χ2n) is 0.766. The Kier molecular flexibility index (Phi) is 4.18. The Bertz CT molecular complexity index is 28.1. The molecule has 0 radical (unpaired) electrons. The molecule has 0 N–H and O–H groups in total. The van der Waals surface area contributed by atoms with E-state index < -0.39 is 8.89 Å². The number of hydrogen-bond donors (Lipinski definition) is 0. The van der Waals surface area contributed by atoms with Crippen molar-refractivity contribution in [1.29, 1.82) is 0 Å². The first-order chi connectivity index (χ1) is 2.41. The third-order valence-corrected chi connectivity index (χ3v) is 0.940. The summed E-state index contributed by atoms with van der Waals surface area (Å²) in [6.45, 7) is 3.35.